The van der Waals surface area contributed by atoms with E-state index < -0.39 is 0 Å². The van der Waals surface area contributed by atoms with Crippen LogP contribution < -0.4 is 0 Å². The molecule has 164 valence electrons. The fraction of sp³-hybridized carbons (Fsp3) is 0.667. The van der Waals surface area contributed by atoms with Gasteiger partial charge in [0.1, 0.15) is 0 Å². The van der Waals surface area contributed by atoms with Gasteiger partial charge in [0.2, 0.25) is 0 Å². The van der Waals surface area contributed by atoms with Gasteiger partial charge in [-0.1, -0.05) is 88.8 Å². The topological polar surface area (TPSA) is 0 Å². The molecule has 0 radical (unpaired) electrons. The molecule has 0 aromatic heterocycles. The van der Waals surface area contributed by atoms with Crippen molar-refractivity contribution in [2.75, 3.05) is 0 Å². The molecule has 0 heteroatoms. The van der Waals surface area contributed by atoms with Crippen LogP contribution in [0.1, 0.15) is 108 Å². The molecular weight excluding hydrogens is 360 g/mol. The third-order valence-corrected chi connectivity index (χ3v) is 7.75. The highest BCUT2D eigenvalue weighted by Crippen LogP contribution is 2.42. The van der Waals surface area contributed by atoms with Crippen molar-refractivity contribution in [2.24, 2.45) is 23.7 Å². The number of aryl methyl sites for hydroxylation is 1. The summed E-state index contributed by atoms with van der Waals surface area (Å²) < 4.78 is 0. The van der Waals surface area contributed by atoms with Crippen molar-refractivity contribution < 1.29 is 0 Å². The van der Waals surface area contributed by atoms with Gasteiger partial charge in [0.25, 0.3) is 0 Å². The van der Waals surface area contributed by atoms with Gasteiger partial charge in [-0.05, 0) is 92.4 Å². The summed E-state index contributed by atoms with van der Waals surface area (Å²) in [5.74, 6) is 10.4. The smallest absolute Gasteiger partial charge is 0.0249 e. The summed E-state index contributed by atoms with van der Waals surface area (Å²) in [6.07, 6.45) is 24.4. The monoisotopic (exact) mass is 404 g/mol. The number of unbranched alkanes of at least 4 members (excludes halogenated alkanes) is 2. The van der Waals surface area contributed by atoms with E-state index in [4.69, 9.17) is 0 Å². The average Bonchev–Trinajstić information content (AvgIpc) is 2.79. The lowest BCUT2D eigenvalue weighted by Gasteiger charge is -2.37. The summed E-state index contributed by atoms with van der Waals surface area (Å²) >= 11 is 0. The Morgan fingerprint density at radius 3 is 2.10 bits per heavy atom. The second kappa shape index (κ2) is 13.0. The number of allylic oxidation sites excluding steroid dienone is 2. The van der Waals surface area contributed by atoms with Crippen molar-refractivity contribution in [3.05, 3.63) is 47.5 Å². The first-order valence-electron chi connectivity index (χ1n) is 13.1. The molecule has 2 fully saturated rings. The maximum absolute atomic E-state index is 3.30. The molecule has 0 bridgehead atoms. The Kier molecular flexibility index (Phi) is 10.1. The highest BCUT2D eigenvalue weighted by molar-refractivity contribution is 5.38. The standard InChI is InChI=1S/C30H44/c1-3-5-6-10-27-17-21-29(22-18-27)30-23-19-28(20-24-30)12-8-7-11-26-15-13-25(9-4-2)14-16-26/h8,12-16,27-30H,3-6,9-10,17-24H2,1-2H3/t27-,28-,29-,30-. The van der Waals surface area contributed by atoms with E-state index in [0.717, 1.165) is 35.7 Å². The van der Waals surface area contributed by atoms with Crippen molar-refractivity contribution in [1.82, 2.24) is 0 Å². The summed E-state index contributed by atoms with van der Waals surface area (Å²) in [4.78, 5) is 0. The van der Waals surface area contributed by atoms with Crippen molar-refractivity contribution >= 4 is 0 Å². The second-order valence-electron chi connectivity index (χ2n) is 10.0. The molecule has 0 nitrogen and oxygen atoms in total. The predicted molar refractivity (Wildman–Crippen MR) is 131 cm³/mol. The summed E-state index contributed by atoms with van der Waals surface area (Å²) in [7, 11) is 0. The van der Waals surface area contributed by atoms with Crippen LogP contribution in [-0.2, 0) is 6.42 Å². The fourth-order valence-corrected chi connectivity index (χ4v) is 5.79. The minimum Gasteiger partial charge on any atom is -0.0730 e. The van der Waals surface area contributed by atoms with Gasteiger partial charge in [-0.2, -0.15) is 0 Å². The molecule has 2 aliphatic rings. The number of hydrogen-bond donors (Lipinski definition) is 0. The van der Waals surface area contributed by atoms with Gasteiger partial charge >= 0.3 is 0 Å². The summed E-state index contributed by atoms with van der Waals surface area (Å²) in [6.45, 7) is 4.55. The molecule has 2 saturated carbocycles. The molecular formula is C30H44. The lowest BCUT2D eigenvalue weighted by molar-refractivity contribution is 0.151. The van der Waals surface area contributed by atoms with Gasteiger partial charge in [-0.3, -0.25) is 0 Å². The third kappa shape index (κ3) is 7.65. The van der Waals surface area contributed by atoms with E-state index in [1.54, 1.807) is 0 Å². The molecule has 0 N–H and O–H groups in total. The Hall–Kier alpha value is -1.48. The molecule has 1 aromatic carbocycles. The summed E-state index contributed by atoms with van der Waals surface area (Å²) in [5, 5.41) is 0. The van der Waals surface area contributed by atoms with E-state index in [9.17, 15) is 0 Å². The first-order chi connectivity index (χ1) is 14.8. The van der Waals surface area contributed by atoms with E-state index in [1.165, 1.54) is 89.0 Å². The van der Waals surface area contributed by atoms with E-state index in [1.807, 2.05) is 0 Å². The highest BCUT2D eigenvalue weighted by Gasteiger charge is 2.30. The zero-order valence-corrected chi connectivity index (χ0v) is 19.7. The maximum Gasteiger partial charge on any atom is 0.0249 e. The van der Waals surface area contributed by atoms with Crippen LogP contribution in [0, 0.1) is 35.5 Å². The van der Waals surface area contributed by atoms with Crippen molar-refractivity contribution in [3.63, 3.8) is 0 Å². The summed E-state index contributed by atoms with van der Waals surface area (Å²) in [5.41, 5.74) is 2.55. The Morgan fingerprint density at radius 1 is 0.800 bits per heavy atom. The van der Waals surface area contributed by atoms with Crippen LogP contribution in [0.15, 0.2) is 36.4 Å². The molecule has 0 atom stereocenters. The lowest BCUT2D eigenvalue weighted by Crippen LogP contribution is -2.25. The largest absolute Gasteiger partial charge is 0.0730 e. The minimum atomic E-state index is 0.757. The molecule has 0 spiro atoms. The molecule has 0 aliphatic heterocycles. The molecule has 1 aromatic rings. The van der Waals surface area contributed by atoms with Gasteiger partial charge < -0.3 is 0 Å². The Bertz CT molecular complexity index is 667. The normalized spacial score (nSPS) is 27.0. The first kappa shape index (κ1) is 23.2. The van der Waals surface area contributed by atoms with E-state index in [2.05, 4.69) is 62.1 Å². The van der Waals surface area contributed by atoms with Crippen LogP contribution in [-0.4, -0.2) is 0 Å². The highest BCUT2D eigenvalue weighted by atomic mass is 14.4. The zero-order valence-electron chi connectivity index (χ0n) is 19.7. The average molecular weight is 405 g/mol. The van der Waals surface area contributed by atoms with Crippen LogP contribution in [0.25, 0.3) is 0 Å². The number of hydrogen-bond acceptors (Lipinski definition) is 0. The van der Waals surface area contributed by atoms with Gasteiger partial charge in [0, 0.05) is 5.56 Å². The molecule has 2 aliphatic carbocycles. The van der Waals surface area contributed by atoms with Crippen LogP contribution >= 0.6 is 0 Å². The van der Waals surface area contributed by atoms with Crippen molar-refractivity contribution in [2.45, 2.75) is 104 Å². The van der Waals surface area contributed by atoms with Crippen LogP contribution in [0.4, 0.5) is 0 Å². The van der Waals surface area contributed by atoms with E-state index in [-0.39, 0.29) is 0 Å². The molecule has 0 saturated heterocycles. The number of benzene rings is 1. The van der Waals surface area contributed by atoms with Crippen LogP contribution in [0.5, 0.6) is 0 Å². The molecule has 3 rings (SSSR count). The van der Waals surface area contributed by atoms with Gasteiger partial charge in [-0.25, -0.2) is 0 Å². The van der Waals surface area contributed by atoms with E-state index in [0.29, 0.717) is 0 Å². The molecule has 0 heterocycles. The quantitative estimate of drug-likeness (QED) is 0.300. The van der Waals surface area contributed by atoms with Gasteiger partial charge in [0.15, 0.2) is 0 Å². The zero-order chi connectivity index (χ0) is 21.0. The molecule has 30 heavy (non-hydrogen) atoms. The second-order valence-corrected chi connectivity index (χ2v) is 10.0. The SMILES string of the molecule is CCCCC[C@H]1CC[C@H]([C@H]2CC[C@H](C=CC#Cc3ccc(CCC)cc3)CC2)CC1. The van der Waals surface area contributed by atoms with Gasteiger partial charge in [0.05, 0.1) is 0 Å². The Morgan fingerprint density at radius 2 is 1.47 bits per heavy atom. The van der Waals surface area contributed by atoms with E-state index >= 15 is 0 Å². The van der Waals surface area contributed by atoms with Crippen molar-refractivity contribution in [3.8, 4) is 11.8 Å². The predicted octanol–water partition coefficient (Wildman–Crippen LogP) is 8.74. The first-order valence-corrected chi connectivity index (χ1v) is 13.1. The lowest BCUT2D eigenvalue weighted by atomic mass is 9.68. The van der Waals surface area contributed by atoms with Crippen LogP contribution in [0.2, 0.25) is 0 Å². The Labute approximate surface area is 186 Å². The fourth-order valence-electron chi connectivity index (χ4n) is 5.79. The third-order valence-electron chi connectivity index (χ3n) is 7.75. The number of rotatable bonds is 8. The molecule has 0 unspecified atom stereocenters. The summed E-state index contributed by atoms with van der Waals surface area (Å²) in [6, 6.07) is 8.76. The van der Waals surface area contributed by atoms with Crippen LogP contribution in [0.3, 0.4) is 0 Å². The minimum absolute atomic E-state index is 0.757. The van der Waals surface area contributed by atoms with Gasteiger partial charge in [-0.15, -0.1) is 0 Å². The van der Waals surface area contributed by atoms with Crippen molar-refractivity contribution in [1.29, 1.82) is 0 Å². The molecule has 0 amide bonds. The maximum atomic E-state index is 3.30. The Balaban J connectivity index is 1.35.